The minimum absolute atomic E-state index is 0.0822. The highest BCUT2D eigenvalue weighted by molar-refractivity contribution is 4.94. The molecule has 0 radical (unpaired) electrons. The summed E-state index contributed by atoms with van der Waals surface area (Å²) in [6, 6.07) is 0.396. The molecule has 1 rings (SSSR count). The number of nitrogens with one attached hydrogen (secondary N) is 1. The third kappa shape index (κ3) is 5.21. The number of ether oxygens (including phenoxy) is 1. The van der Waals surface area contributed by atoms with Gasteiger partial charge in [0.1, 0.15) is 6.10 Å². The van der Waals surface area contributed by atoms with Crippen molar-refractivity contribution in [2.75, 3.05) is 13.2 Å². The van der Waals surface area contributed by atoms with E-state index in [0.717, 1.165) is 25.8 Å². The molecule has 2 atom stereocenters. The van der Waals surface area contributed by atoms with Gasteiger partial charge in [0.25, 0.3) is 0 Å². The lowest BCUT2D eigenvalue weighted by Gasteiger charge is -2.16. The van der Waals surface area contributed by atoms with E-state index in [-0.39, 0.29) is 6.10 Å². The Balaban J connectivity index is 2.65. The Kier molecular flexibility index (Phi) is 7.77. The van der Waals surface area contributed by atoms with Gasteiger partial charge >= 0.3 is 0 Å². The molecule has 0 aliphatic carbocycles. The summed E-state index contributed by atoms with van der Waals surface area (Å²) in [6.45, 7) is 12.2. The maximum absolute atomic E-state index is 5.70. The summed E-state index contributed by atoms with van der Waals surface area (Å²) in [4.78, 5) is 4.50. The van der Waals surface area contributed by atoms with E-state index in [1.807, 2.05) is 6.92 Å². The fourth-order valence-electron chi connectivity index (χ4n) is 2.13. The Labute approximate surface area is 122 Å². The smallest absolute Gasteiger partial charge is 0.228 e. The normalized spacial score (nSPS) is 14.7. The average Bonchev–Trinajstić information content (AvgIpc) is 2.88. The van der Waals surface area contributed by atoms with Gasteiger partial charge in [-0.15, -0.1) is 0 Å². The first-order chi connectivity index (χ1) is 9.62. The molecule has 0 bridgehead atoms. The Bertz CT molecular complexity index is 366. The molecule has 0 aromatic carbocycles. The van der Waals surface area contributed by atoms with Crippen LogP contribution in [0.25, 0.3) is 0 Å². The second-order valence-electron chi connectivity index (χ2n) is 5.43. The third-order valence-electron chi connectivity index (χ3n) is 3.29. The van der Waals surface area contributed by atoms with E-state index in [4.69, 9.17) is 9.26 Å². The zero-order valence-corrected chi connectivity index (χ0v) is 13.5. The van der Waals surface area contributed by atoms with Crippen molar-refractivity contribution in [3.8, 4) is 0 Å². The van der Waals surface area contributed by atoms with Gasteiger partial charge in [0.15, 0.2) is 0 Å². The molecular weight excluding hydrogens is 254 g/mol. The summed E-state index contributed by atoms with van der Waals surface area (Å²) in [5, 5.41) is 7.58. The van der Waals surface area contributed by atoms with Crippen LogP contribution in [0.3, 0.4) is 0 Å². The van der Waals surface area contributed by atoms with E-state index in [0.29, 0.717) is 30.3 Å². The Morgan fingerprint density at radius 1 is 1.25 bits per heavy atom. The monoisotopic (exact) mass is 283 g/mol. The Morgan fingerprint density at radius 2 is 2.00 bits per heavy atom. The molecule has 0 spiro atoms. The van der Waals surface area contributed by atoms with Gasteiger partial charge in [-0.1, -0.05) is 32.9 Å². The number of hydrogen-bond acceptors (Lipinski definition) is 5. The van der Waals surface area contributed by atoms with Gasteiger partial charge in [-0.2, -0.15) is 4.98 Å². The van der Waals surface area contributed by atoms with Crippen LogP contribution in [0.4, 0.5) is 0 Å². The molecule has 5 nitrogen and oxygen atoms in total. The molecule has 1 aromatic heterocycles. The molecule has 0 fully saturated rings. The maximum atomic E-state index is 5.70. The fourth-order valence-corrected chi connectivity index (χ4v) is 2.13. The van der Waals surface area contributed by atoms with E-state index < -0.39 is 0 Å². The largest absolute Gasteiger partial charge is 0.370 e. The molecule has 0 aliphatic rings. The van der Waals surface area contributed by atoms with Crippen LogP contribution in [0.2, 0.25) is 0 Å². The second kappa shape index (κ2) is 9.08. The van der Waals surface area contributed by atoms with Crippen molar-refractivity contribution in [3.63, 3.8) is 0 Å². The van der Waals surface area contributed by atoms with Crippen LogP contribution in [-0.4, -0.2) is 29.3 Å². The molecule has 116 valence electrons. The molecule has 1 heterocycles. The summed E-state index contributed by atoms with van der Waals surface area (Å²) in [7, 11) is 0. The molecular formula is C15H29N3O2. The predicted molar refractivity (Wildman–Crippen MR) is 79.6 cm³/mol. The highest BCUT2D eigenvalue weighted by Crippen LogP contribution is 2.23. The summed E-state index contributed by atoms with van der Waals surface area (Å²) >= 11 is 0. The Morgan fingerprint density at radius 3 is 2.55 bits per heavy atom. The van der Waals surface area contributed by atoms with Gasteiger partial charge in [0, 0.05) is 19.1 Å². The molecule has 2 unspecified atom stereocenters. The molecule has 0 saturated carbocycles. The van der Waals surface area contributed by atoms with Crippen LogP contribution in [0.5, 0.6) is 0 Å². The van der Waals surface area contributed by atoms with Crippen molar-refractivity contribution in [2.24, 2.45) is 5.92 Å². The highest BCUT2D eigenvalue weighted by atomic mass is 16.5. The van der Waals surface area contributed by atoms with Gasteiger partial charge < -0.3 is 14.6 Å². The minimum Gasteiger partial charge on any atom is -0.370 e. The first kappa shape index (κ1) is 17.1. The highest BCUT2D eigenvalue weighted by Gasteiger charge is 2.22. The summed E-state index contributed by atoms with van der Waals surface area (Å²) in [6.07, 6.45) is 2.88. The average molecular weight is 283 g/mol. The van der Waals surface area contributed by atoms with Gasteiger partial charge in [0.05, 0.1) is 0 Å². The molecule has 1 N–H and O–H groups in total. The topological polar surface area (TPSA) is 60.2 Å². The number of rotatable bonds is 10. The lowest BCUT2D eigenvalue weighted by molar-refractivity contribution is 0.0217. The first-order valence-electron chi connectivity index (χ1n) is 7.79. The molecule has 0 saturated heterocycles. The SMILES string of the molecule is CCCNC(CC)Cc1nc(C(OCC)C(C)C)no1. The first-order valence-corrected chi connectivity index (χ1v) is 7.79. The zero-order valence-electron chi connectivity index (χ0n) is 13.5. The number of hydrogen-bond donors (Lipinski definition) is 1. The molecule has 20 heavy (non-hydrogen) atoms. The maximum Gasteiger partial charge on any atom is 0.228 e. The van der Waals surface area contributed by atoms with E-state index in [9.17, 15) is 0 Å². The van der Waals surface area contributed by atoms with Crippen molar-refractivity contribution < 1.29 is 9.26 Å². The molecule has 0 aliphatic heterocycles. The van der Waals surface area contributed by atoms with Gasteiger partial charge in [-0.05, 0) is 32.2 Å². The van der Waals surface area contributed by atoms with E-state index >= 15 is 0 Å². The van der Waals surface area contributed by atoms with Crippen molar-refractivity contribution >= 4 is 0 Å². The minimum atomic E-state index is -0.0822. The number of nitrogens with zero attached hydrogens (tertiary/aromatic N) is 2. The van der Waals surface area contributed by atoms with Crippen molar-refractivity contribution in [3.05, 3.63) is 11.7 Å². The van der Waals surface area contributed by atoms with Crippen molar-refractivity contribution in [1.82, 2.24) is 15.5 Å². The summed E-state index contributed by atoms with van der Waals surface area (Å²) < 4.78 is 11.1. The van der Waals surface area contributed by atoms with Crippen LogP contribution in [0, 0.1) is 5.92 Å². The Hall–Kier alpha value is -0.940. The van der Waals surface area contributed by atoms with E-state index in [1.54, 1.807) is 0 Å². The van der Waals surface area contributed by atoms with Crippen LogP contribution < -0.4 is 5.32 Å². The van der Waals surface area contributed by atoms with Crippen molar-refractivity contribution in [2.45, 2.75) is 66.0 Å². The standard InChI is InChI=1S/C15H29N3O2/c1-6-9-16-12(7-2)10-13-17-15(18-20-13)14(11(4)5)19-8-3/h11-12,14,16H,6-10H2,1-5H3. The molecule has 5 heteroatoms. The predicted octanol–water partition coefficient (Wildman–Crippen LogP) is 3.12. The third-order valence-corrected chi connectivity index (χ3v) is 3.29. The quantitative estimate of drug-likeness (QED) is 0.715. The van der Waals surface area contributed by atoms with E-state index in [2.05, 4.69) is 43.2 Å². The van der Waals surface area contributed by atoms with Crippen LogP contribution in [0.1, 0.15) is 65.3 Å². The lowest BCUT2D eigenvalue weighted by atomic mass is 10.1. The van der Waals surface area contributed by atoms with Gasteiger partial charge in [-0.3, -0.25) is 0 Å². The van der Waals surface area contributed by atoms with Crippen LogP contribution in [0.15, 0.2) is 4.52 Å². The zero-order chi connectivity index (χ0) is 15.0. The van der Waals surface area contributed by atoms with Crippen molar-refractivity contribution in [1.29, 1.82) is 0 Å². The molecule has 1 aromatic rings. The summed E-state index contributed by atoms with van der Waals surface area (Å²) in [5.74, 6) is 1.70. The van der Waals surface area contributed by atoms with Gasteiger partial charge in [-0.25, -0.2) is 0 Å². The van der Waals surface area contributed by atoms with Crippen LogP contribution in [-0.2, 0) is 11.2 Å². The molecule has 0 amide bonds. The number of aromatic nitrogens is 2. The summed E-state index contributed by atoms with van der Waals surface area (Å²) in [5.41, 5.74) is 0. The van der Waals surface area contributed by atoms with Crippen LogP contribution >= 0.6 is 0 Å². The lowest BCUT2D eigenvalue weighted by Crippen LogP contribution is -2.31. The fraction of sp³-hybridized carbons (Fsp3) is 0.867. The second-order valence-corrected chi connectivity index (χ2v) is 5.43. The van der Waals surface area contributed by atoms with Gasteiger partial charge in [0.2, 0.25) is 11.7 Å². The van der Waals surface area contributed by atoms with E-state index in [1.165, 1.54) is 0 Å².